The lowest BCUT2D eigenvalue weighted by Gasteiger charge is -2.21. The molecule has 0 spiro atoms. The fourth-order valence-electron chi connectivity index (χ4n) is 3.22. The number of pyridine rings is 1. The van der Waals surface area contributed by atoms with Gasteiger partial charge in [-0.05, 0) is 56.9 Å². The lowest BCUT2D eigenvalue weighted by atomic mass is 10.2. The fourth-order valence-corrected chi connectivity index (χ4v) is 4.88. The number of sulfonamides is 1. The number of hydrogen-bond acceptors (Lipinski definition) is 5. The maximum Gasteiger partial charge on any atom is 0.254 e. The van der Waals surface area contributed by atoms with Crippen LogP contribution in [0.5, 0.6) is 0 Å². The van der Waals surface area contributed by atoms with Gasteiger partial charge in [0.2, 0.25) is 10.0 Å². The first-order chi connectivity index (χ1) is 13.1. The highest BCUT2D eigenvalue weighted by Crippen LogP contribution is 2.47. The molecular formula is C19H24FN3O4S. The number of rotatable bonds is 7. The van der Waals surface area contributed by atoms with Crippen molar-refractivity contribution >= 4 is 27.2 Å². The molecule has 9 heteroatoms. The first kappa shape index (κ1) is 20.3. The van der Waals surface area contributed by atoms with E-state index in [1.165, 1.54) is 29.8 Å². The molecule has 0 radical (unpaired) electrons. The molecule has 0 atom stereocenters. The predicted octanol–water partition coefficient (Wildman–Crippen LogP) is 2.54. The molecule has 1 heterocycles. The largest absolute Gasteiger partial charge is 0.396 e. The van der Waals surface area contributed by atoms with Crippen LogP contribution in [0.1, 0.15) is 30.4 Å². The van der Waals surface area contributed by atoms with Crippen LogP contribution in [0, 0.1) is 19.7 Å². The molecule has 1 saturated carbocycles. The standard InChI is InChI=1S/C19H24FN3O4S/c1-12-4-5-15(14(20)10-12)21-17-16(11-13(2)18(25)23(17)3)22-28(26,27)19(6-7-19)8-9-24/h4-5,10-11,21-22,24H,6-9H2,1-3H3. The van der Waals surface area contributed by atoms with Gasteiger partial charge >= 0.3 is 0 Å². The minimum Gasteiger partial charge on any atom is -0.396 e. The zero-order chi connectivity index (χ0) is 20.7. The number of halogens is 1. The highest BCUT2D eigenvalue weighted by atomic mass is 32.2. The molecule has 0 amide bonds. The van der Waals surface area contributed by atoms with Gasteiger partial charge in [-0.1, -0.05) is 6.07 Å². The van der Waals surface area contributed by atoms with E-state index in [-0.39, 0.29) is 35.8 Å². The Bertz CT molecular complexity index is 1080. The molecule has 3 rings (SSSR count). The summed E-state index contributed by atoms with van der Waals surface area (Å²) in [5.41, 5.74) is 1.04. The van der Waals surface area contributed by atoms with E-state index in [0.717, 1.165) is 5.56 Å². The Labute approximate surface area is 163 Å². The van der Waals surface area contributed by atoms with Gasteiger partial charge in [-0.25, -0.2) is 12.8 Å². The number of aliphatic hydroxyl groups excluding tert-OH is 1. The quantitative estimate of drug-likeness (QED) is 0.653. The Morgan fingerprint density at radius 2 is 1.89 bits per heavy atom. The second-order valence-electron chi connectivity index (χ2n) is 7.32. The average molecular weight is 409 g/mol. The molecule has 0 unspecified atom stereocenters. The molecular weight excluding hydrogens is 385 g/mol. The summed E-state index contributed by atoms with van der Waals surface area (Å²) in [6, 6.07) is 6.02. The lowest BCUT2D eigenvalue weighted by molar-refractivity contribution is 0.283. The van der Waals surface area contributed by atoms with Crippen LogP contribution >= 0.6 is 0 Å². The third-order valence-electron chi connectivity index (χ3n) is 5.16. The minimum absolute atomic E-state index is 0.126. The van der Waals surface area contributed by atoms with E-state index >= 15 is 0 Å². The molecule has 0 bridgehead atoms. The van der Waals surface area contributed by atoms with Crippen molar-refractivity contribution in [2.24, 2.45) is 7.05 Å². The van der Waals surface area contributed by atoms with E-state index in [2.05, 4.69) is 10.0 Å². The van der Waals surface area contributed by atoms with Gasteiger partial charge in [0, 0.05) is 19.2 Å². The smallest absolute Gasteiger partial charge is 0.254 e. The Kier molecular flexibility index (Phi) is 5.24. The molecule has 1 aliphatic rings. The van der Waals surface area contributed by atoms with Crippen molar-refractivity contribution in [3.8, 4) is 0 Å². The van der Waals surface area contributed by atoms with Crippen LogP contribution in [0.4, 0.5) is 21.6 Å². The Hall–Kier alpha value is -2.39. The summed E-state index contributed by atoms with van der Waals surface area (Å²) in [7, 11) is -2.31. The van der Waals surface area contributed by atoms with Gasteiger partial charge in [0.1, 0.15) is 11.6 Å². The first-order valence-corrected chi connectivity index (χ1v) is 10.5. The normalized spacial score (nSPS) is 15.3. The van der Waals surface area contributed by atoms with Crippen LogP contribution in [-0.2, 0) is 17.1 Å². The molecule has 1 aromatic heterocycles. The SMILES string of the molecule is Cc1ccc(Nc2c(NS(=O)(=O)C3(CCO)CC3)cc(C)c(=O)n2C)c(F)c1. The van der Waals surface area contributed by atoms with Gasteiger partial charge in [-0.15, -0.1) is 0 Å². The first-order valence-electron chi connectivity index (χ1n) is 8.97. The van der Waals surface area contributed by atoms with Gasteiger partial charge in [0.15, 0.2) is 0 Å². The number of aliphatic hydroxyl groups is 1. The van der Waals surface area contributed by atoms with Gasteiger partial charge in [-0.2, -0.15) is 0 Å². The molecule has 3 N–H and O–H groups in total. The van der Waals surface area contributed by atoms with Crippen LogP contribution in [-0.4, -0.2) is 29.4 Å². The van der Waals surface area contributed by atoms with Crippen molar-refractivity contribution in [3.63, 3.8) is 0 Å². The number of anilines is 3. The molecule has 2 aromatic rings. The van der Waals surface area contributed by atoms with E-state index in [0.29, 0.717) is 18.4 Å². The van der Waals surface area contributed by atoms with Crippen molar-refractivity contribution in [2.45, 2.75) is 37.9 Å². The summed E-state index contributed by atoms with van der Waals surface area (Å²) >= 11 is 0. The van der Waals surface area contributed by atoms with Gasteiger partial charge in [0.25, 0.3) is 5.56 Å². The second-order valence-corrected chi connectivity index (χ2v) is 9.40. The zero-order valence-corrected chi connectivity index (χ0v) is 16.9. The lowest BCUT2D eigenvalue weighted by Crippen LogP contribution is -2.32. The molecule has 1 aliphatic carbocycles. The van der Waals surface area contributed by atoms with Gasteiger partial charge in [0.05, 0.1) is 16.1 Å². The van der Waals surface area contributed by atoms with Crippen molar-refractivity contribution in [1.82, 2.24) is 4.57 Å². The molecule has 1 fully saturated rings. The molecule has 7 nitrogen and oxygen atoms in total. The molecule has 28 heavy (non-hydrogen) atoms. The number of aromatic nitrogens is 1. The summed E-state index contributed by atoms with van der Waals surface area (Å²) in [4.78, 5) is 12.4. The second kappa shape index (κ2) is 7.21. The minimum atomic E-state index is -3.80. The molecule has 1 aromatic carbocycles. The third kappa shape index (κ3) is 3.64. The van der Waals surface area contributed by atoms with Crippen LogP contribution in [0.25, 0.3) is 0 Å². The highest BCUT2D eigenvalue weighted by molar-refractivity contribution is 7.94. The molecule has 0 aliphatic heterocycles. The Morgan fingerprint density at radius 1 is 1.21 bits per heavy atom. The van der Waals surface area contributed by atoms with E-state index in [1.807, 2.05) is 0 Å². The monoisotopic (exact) mass is 409 g/mol. The summed E-state index contributed by atoms with van der Waals surface area (Å²) in [6.45, 7) is 3.11. The summed E-state index contributed by atoms with van der Waals surface area (Å²) in [5.74, 6) is -0.373. The Balaban J connectivity index is 2.05. The van der Waals surface area contributed by atoms with E-state index in [1.54, 1.807) is 19.9 Å². The van der Waals surface area contributed by atoms with Crippen LogP contribution in [0.3, 0.4) is 0 Å². The maximum absolute atomic E-state index is 14.3. The number of nitrogens with one attached hydrogen (secondary N) is 2. The number of benzene rings is 1. The van der Waals surface area contributed by atoms with Crippen molar-refractivity contribution in [1.29, 1.82) is 0 Å². The number of nitrogens with zero attached hydrogens (tertiary/aromatic N) is 1. The van der Waals surface area contributed by atoms with E-state index in [9.17, 15) is 22.7 Å². The summed E-state index contributed by atoms with van der Waals surface area (Å²) < 4.78 is 42.9. The van der Waals surface area contributed by atoms with E-state index in [4.69, 9.17) is 0 Å². The topological polar surface area (TPSA) is 100 Å². The van der Waals surface area contributed by atoms with Crippen LogP contribution in [0.15, 0.2) is 29.1 Å². The zero-order valence-electron chi connectivity index (χ0n) is 16.0. The van der Waals surface area contributed by atoms with E-state index < -0.39 is 20.6 Å². The number of aryl methyl sites for hydroxylation is 2. The van der Waals surface area contributed by atoms with Crippen LogP contribution in [0.2, 0.25) is 0 Å². The van der Waals surface area contributed by atoms with Gasteiger partial charge < -0.3 is 10.4 Å². The number of hydrogen-bond donors (Lipinski definition) is 3. The van der Waals surface area contributed by atoms with Crippen molar-refractivity contribution < 1.29 is 17.9 Å². The fraction of sp³-hybridized carbons (Fsp3) is 0.421. The summed E-state index contributed by atoms with van der Waals surface area (Å²) in [6.07, 6.45) is 1.06. The highest BCUT2D eigenvalue weighted by Gasteiger charge is 2.54. The van der Waals surface area contributed by atoms with Crippen molar-refractivity contribution in [3.05, 3.63) is 51.6 Å². The van der Waals surface area contributed by atoms with Crippen molar-refractivity contribution in [2.75, 3.05) is 16.6 Å². The maximum atomic E-state index is 14.3. The Morgan fingerprint density at radius 3 is 2.46 bits per heavy atom. The molecule has 152 valence electrons. The average Bonchev–Trinajstić information content (AvgIpc) is 3.40. The van der Waals surface area contributed by atoms with Crippen LogP contribution < -0.4 is 15.6 Å². The third-order valence-corrected chi connectivity index (χ3v) is 7.40. The molecule has 0 saturated heterocycles. The summed E-state index contributed by atoms with van der Waals surface area (Å²) in [5, 5.41) is 12.0. The van der Waals surface area contributed by atoms with Gasteiger partial charge in [-0.3, -0.25) is 14.1 Å². The predicted molar refractivity (Wildman–Crippen MR) is 107 cm³/mol.